The summed E-state index contributed by atoms with van der Waals surface area (Å²) in [6, 6.07) is 16.4. The second-order valence-corrected chi connectivity index (χ2v) is 16.1. The van der Waals surface area contributed by atoms with E-state index in [1.165, 1.54) is 0 Å². The van der Waals surface area contributed by atoms with Crippen molar-refractivity contribution in [2.75, 3.05) is 63.0 Å². The molecule has 0 fully saturated rings. The standard InChI is InChI=1S/C48H74N8O2/c1-9-55(10-2)29-19-21-35(5)51-45-31-37(7)53-43-25-23-39(33-41(43)45)47(57)49-27-17-15-13-14-16-18-28-50-48(58)40-24-26-44-42(34-40)46(32-38(8)54-44)52-36(6)22-20-30-56(11-3)12-4/h23-26,31-36H,9-22,27-30H2,1-8H3,(H,49,57)(H,50,58)(H,51,53)(H,52,54). The van der Waals surface area contributed by atoms with Crippen LogP contribution in [-0.4, -0.2) is 96.0 Å². The quantitative estimate of drug-likeness (QED) is 0.0442. The van der Waals surface area contributed by atoms with E-state index in [-0.39, 0.29) is 11.8 Å². The number of fused-ring (bicyclic) bond motifs is 2. The highest BCUT2D eigenvalue weighted by Gasteiger charge is 2.14. The maximum absolute atomic E-state index is 13.1. The molecular formula is C48H74N8O2. The number of carbonyl (C=O) groups is 2. The van der Waals surface area contributed by atoms with Crippen molar-refractivity contribution in [2.45, 2.75) is 132 Å². The Labute approximate surface area is 349 Å². The van der Waals surface area contributed by atoms with E-state index in [1.54, 1.807) is 0 Å². The van der Waals surface area contributed by atoms with Crippen molar-refractivity contribution in [1.82, 2.24) is 30.4 Å². The van der Waals surface area contributed by atoms with E-state index in [0.717, 1.165) is 148 Å². The largest absolute Gasteiger partial charge is 0.382 e. The summed E-state index contributed by atoms with van der Waals surface area (Å²) >= 11 is 0. The first-order chi connectivity index (χ1) is 28.0. The van der Waals surface area contributed by atoms with Crippen molar-refractivity contribution in [3.63, 3.8) is 0 Å². The van der Waals surface area contributed by atoms with Gasteiger partial charge in [-0.25, -0.2) is 0 Å². The van der Waals surface area contributed by atoms with Crippen LogP contribution >= 0.6 is 0 Å². The van der Waals surface area contributed by atoms with Crippen LogP contribution in [0.1, 0.15) is 138 Å². The number of aromatic nitrogens is 2. The number of anilines is 2. The Morgan fingerprint density at radius 1 is 0.552 bits per heavy atom. The second kappa shape index (κ2) is 24.6. The summed E-state index contributed by atoms with van der Waals surface area (Å²) < 4.78 is 0. The summed E-state index contributed by atoms with van der Waals surface area (Å²) in [5.41, 5.74) is 7.14. The SMILES string of the molecule is CCN(CC)CCCC(C)Nc1cc(C)nc2ccc(C(=O)NCCCCCCCCNC(=O)c3ccc4nc(C)cc(NC(C)CCCN(CC)CC)c4c3)cc12. The molecule has 0 saturated heterocycles. The maximum atomic E-state index is 13.1. The van der Waals surface area contributed by atoms with Crippen LogP contribution < -0.4 is 21.3 Å². The summed E-state index contributed by atoms with van der Waals surface area (Å²) in [7, 11) is 0. The van der Waals surface area contributed by atoms with Crippen LogP contribution in [0.15, 0.2) is 48.5 Å². The van der Waals surface area contributed by atoms with Crippen molar-refractivity contribution >= 4 is 45.0 Å². The predicted octanol–water partition coefficient (Wildman–Crippen LogP) is 9.75. The minimum absolute atomic E-state index is 0.0438. The van der Waals surface area contributed by atoms with Gasteiger partial charge in [0.25, 0.3) is 11.8 Å². The number of amides is 2. The van der Waals surface area contributed by atoms with E-state index in [1.807, 2.05) is 50.2 Å². The van der Waals surface area contributed by atoms with Crippen molar-refractivity contribution in [2.24, 2.45) is 0 Å². The number of hydrogen-bond donors (Lipinski definition) is 4. The fraction of sp³-hybridized carbons (Fsp3) is 0.583. The van der Waals surface area contributed by atoms with Gasteiger partial charge >= 0.3 is 0 Å². The maximum Gasteiger partial charge on any atom is 0.251 e. The third-order valence-corrected chi connectivity index (χ3v) is 11.4. The highest BCUT2D eigenvalue weighted by Crippen LogP contribution is 2.27. The molecule has 0 spiro atoms. The Hall–Kier alpha value is -4.28. The fourth-order valence-electron chi connectivity index (χ4n) is 7.80. The Balaban J connectivity index is 1.14. The van der Waals surface area contributed by atoms with Gasteiger partial charge in [-0.05, 0) is 154 Å². The van der Waals surface area contributed by atoms with Crippen LogP contribution in [0.2, 0.25) is 0 Å². The van der Waals surface area contributed by atoms with Gasteiger partial charge in [-0.1, -0.05) is 53.4 Å². The molecule has 4 aromatic rings. The van der Waals surface area contributed by atoms with E-state index in [0.29, 0.717) is 36.3 Å². The van der Waals surface area contributed by atoms with E-state index in [4.69, 9.17) is 9.97 Å². The lowest BCUT2D eigenvalue weighted by molar-refractivity contribution is 0.0944. The lowest BCUT2D eigenvalue weighted by Crippen LogP contribution is -2.25. The average molecular weight is 795 g/mol. The summed E-state index contributed by atoms with van der Waals surface area (Å²) in [6.07, 6.45) is 10.7. The first kappa shape index (κ1) is 46.4. The van der Waals surface area contributed by atoms with E-state index < -0.39 is 0 Å². The second-order valence-electron chi connectivity index (χ2n) is 16.1. The Kier molecular flexibility index (Phi) is 19.7. The monoisotopic (exact) mass is 795 g/mol. The highest BCUT2D eigenvalue weighted by molar-refractivity contribution is 6.02. The van der Waals surface area contributed by atoms with Crippen LogP contribution in [-0.2, 0) is 0 Å². The van der Waals surface area contributed by atoms with E-state index in [2.05, 4.69) is 84.7 Å². The molecule has 4 N–H and O–H groups in total. The number of carbonyl (C=O) groups excluding carboxylic acids is 2. The normalized spacial score (nSPS) is 12.7. The summed E-state index contributed by atoms with van der Waals surface area (Å²) in [6.45, 7) is 25.2. The fourth-order valence-corrected chi connectivity index (χ4v) is 7.80. The lowest BCUT2D eigenvalue weighted by Gasteiger charge is -2.21. The molecule has 0 saturated carbocycles. The zero-order valence-corrected chi connectivity index (χ0v) is 37.1. The topological polar surface area (TPSA) is 115 Å². The van der Waals surface area contributed by atoms with Gasteiger partial charge in [-0.15, -0.1) is 0 Å². The molecule has 2 atom stereocenters. The third kappa shape index (κ3) is 14.8. The molecule has 0 aliphatic rings. The van der Waals surface area contributed by atoms with Gasteiger partial charge in [0.15, 0.2) is 0 Å². The smallest absolute Gasteiger partial charge is 0.251 e. The molecule has 2 aromatic heterocycles. The van der Waals surface area contributed by atoms with Crippen molar-refractivity contribution < 1.29 is 9.59 Å². The van der Waals surface area contributed by atoms with Gasteiger partial charge in [-0.2, -0.15) is 0 Å². The number of rotatable bonds is 27. The summed E-state index contributed by atoms with van der Waals surface area (Å²) in [5.74, 6) is -0.0876. The number of benzene rings is 2. The molecule has 10 heteroatoms. The molecule has 0 radical (unpaired) electrons. The Bertz CT molecular complexity index is 1740. The highest BCUT2D eigenvalue weighted by atomic mass is 16.2. The number of nitrogens with one attached hydrogen (secondary N) is 4. The number of pyridine rings is 2. The first-order valence-corrected chi connectivity index (χ1v) is 22.4. The molecule has 58 heavy (non-hydrogen) atoms. The van der Waals surface area contributed by atoms with Gasteiger partial charge in [0.2, 0.25) is 0 Å². The molecule has 4 rings (SSSR count). The van der Waals surface area contributed by atoms with Gasteiger partial charge < -0.3 is 31.1 Å². The molecular weight excluding hydrogens is 721 g/mol. The molecule has 10 nitrogen and oxygen atoms in total. The van der Waals surface area contributed by atoms with Gasteiger partial charge in [-0.3, -0.25) is 19.6 Å². The Morgan fingerprint density at radius 3 is 1.31 bits per heavy atom. The van der Waals surface area contributed by atoms with Gasteiger partial charge in [0, 0.05) is 69.8 Å². The number of hydrogen-bond acceptors (Lipinski definition) is 8. The first-order valence-electron chi connectivity index (χ1n) is 22.4. The molecule has 0 bridgehead atoms. The van der Waals surface area contributed by atoms with Crippen molar-refractivity contribution in [3.05, 3.63) is 71.0 Å². The van der Waals surface area contributed by atoms with Crippen LogP contribution in [0.3, 0.4) is 0 Å². The molecule has 2 amide bonds. The zero-order chi connectivity index (χ0) is 41.9. The summed E-state index contributed by atoms with van der Waals surface area (Å²) in [5, 5.41) is 15.6. The van der Waals surface area contributed by atoms with E-state index >= 15 is 0 Å². The lowest BCUT2D eigenvalue weighted by atomic mass is 10.1. The summed E-state index contributed by atoms with van der Waals surface area (Å²) in [4.78, 5) is 40.6. The molecule has 2 aromatic carbocycles. The molecule has 0 aliphatic heterocycles. The van der Waals surface area contributed by atoms with Gasteiger partial charge in [0.05, 0.1) is 11.0 Å². The molecule has 318 valence electrons. The van der Waals surface area contributed by atoms with Crippen molar-refractivity contribution in [1.29, 1.82) is 0 Å². The van der Waals surface area contributed by atoms with Crippen LogP contribution in [0.25, 0.3) is 21.8 Å². The Morgan fingerprint density at radius 2 is 0.931 bits per heavy atom. The van der Waals surface area contributed by atoms with E-state index in [9.17, 15) is 9.59 Å². The third-order valence-electron chi connectivity index (χ3n) is 11.4. The minimum atomic E-state index is -0.0438. The molecule has 2 unspecified atom stereocenters. The number of nitrogens with zero attached hydrogens (tertiary/aromatic N) is 4. The molecule has 0 aliphatic carbocycles. The van der Waals surface area contributed by atoms with Crippen LogP contribution in [0, 0.1) is 13.8 Å². The predicted molar refractivity (Wildman–Crippen MR) is 246 cm³/mol. The minimum Gasteiger partial charge on any atom is -0.382 e. The number of aryl methyl sites for hydroxylation is 2. The zero-order valence-electron chi connectivity index (χ0n) is 37.1. The van der Waals surface area contributed by atoms with Crippen molar-refractivity contribution in [3.8, 4) is 0 Å². The van der Waals surface area contributed by atoms with Crippen LogP contribution in [0.5, 0.6) is 0 Å². The molecule has 2 heterocycles. The average Bonchev–Trinajstić information content (AvgIpc) is 3.21. The van der Waals surface area contributed by atoms with Gasteiger partial charge in [0.1, 0.15) is 0 Å². The number of unbranched alkanes of at least 4 members (excludes halogenated alkanes) is 5. The van der Waals surface area contributed by atoms with Crippen LogP contribution in [0.4, 0.5) is 11.4 Å².